The lowest BCUT2D eigenvalue weighted by atomic mass is 10.1. The number of fused-ring (bicyclic) bond motifs is 1. The summed E-state index contributed by atoms with van der Waals surface area (Å²) in [5.74, 6) is 2.04. The van der Waals surface area contributed by atoms with Gasteiger partial charge in [-0.1, -0.05) is 6.42 Å². The van der Waals surface area contributed by atoms with Crippen molar-refractivity contribution in [1.82, 2.24) is 4.90 Å². The molecule has 1 saturated heterocycles. The van der Waals surface area contributed by atoms with E-state index in [2.05, 4.69) is 4.90 Å². The third-order valence-corrected chi connectivity index (χ3v) is 5.72. The van der Waals surface area contributed by atoms with Gasteiger partial charge < -0.3 is 28.6 Å². The van der Waals surface area contributed by atoms with Gasteiger partial charge in [0, 0.05) is 30.3 Å². The molecular formula is C25H30ClNO6. The summed E-state index contributed by atoms with van der Waals surface area (Å²) in [5.41, 5.74) is 0.943. The van der Waals surface area contributed by atoms with Gasteiger partial charge in [0.05, 0.1) is 14.2 Å². The molecule has 0 saturated carbocycles. The fraction of sp³-hybridized carbons (Fsp3) is 0.400. The highest BCUT2D eigenvalue weighted by atomic mass is 35.5. The minimum Gasteiger partial charge on any atom is -0.496 e. The van der Waals surface area contributed by atoms with Crippen LogP contribution in [-0.2, 0) is 0 Å². The van der Waals surface area contributed by atoms with Gasteiger partial charge in [-0.2, -0.15) is 0 Å². The van der Waals surface area contributed by atoms with Crippen molar-refractivity contribution in [2.75, 3.05) is 40.5 Å². The van der Waals surface area contributed by atoms with Gasteiger partial charge in [-0.15, -0.1) is 12.4 Å². The zero-order valence-electron chi connectivity index (χ0n) is 18.9. The van der Waals surface area contributed by atoms with Gasteiger partial charge in [0.15, 0.2) is 5.43 Å². The highest BCUT2D eigenvalue weighted by Gasteiger charge is 2.16. The number of β-amino-alcohol motifs (C(OH)–C–C–N with tert-alkyl or cyclic N) is 1. The Hall–Kier alpha value is -2.74. The average Bonchev–Trinajstić information content (AvgIpc) is 2.82. The maximum Gasteiger partial charge on any atom is 0.197 e. The quantitative estimate of drug-likeness (QED) is 0.524. The zero-order valence-corrected chi connectivity index (χ0v) is 19.7. The van der Waals surface area contributed by atoms with Crippen LogP contribution in [0.25, 0.3) is 22.3 Å². The SMILES string of the molecule is COc1cc(OC)c2c(=O)cc(-c3ccc(OCC(O)CN4CCCCC4)cc3)oc2c1.Cl. The Labute approximate surface area is 199 Å². The average molecular weight is 476 g/mol. The number of rotatable bonds is 8. The largest absolute Gasteiger partial charge is 0.496 e. The number of aliphatic hydroxyl groups is 1. The number of likely N-dealkylation sites (tertiary alicyclic amines) is 1. The van der Waals surface area contributed by atoms with E-state index in [4.69, 9.17) is 18.6 Å². The predicted molar refractivity (Wildman–Crippen MR) is 130 cm³/mol. The first-order valence-electron chi connectivity index (χ1n) is 10.9. The number of ether oxygens (including phenoxy) is 3. The van der Waals surface area contributed by atoms with Crippen LogP contribution in [0.5, 0.6) is 17.2 Å². The Morgan fingerprint density at radius 1 is 1.00 bits per heavy atom. The van der Waals surface area contributed by atoms with Gasteiger partial charge in [-0.05, 0) is 50.2 Å². The molecule has 0 aliphatic carbocycles. The van der Waals surface area contributed by atoms with Crippen LogP contribution in [0.3, 0.4) is 0 Å². The number of hydrogen-bond donors (Lipinski definition) is 1. The van der Waals surface area contributed by atoms with Crippen molar-refractivity contribution >= 4 is 23.4 Å². The molecule has 1 aliphatic heterocycles. The van der Waals surface area contributed by atoms with Crippen LogP contribution in [0.2, 0.25) is 0 Å². The second-order valence-electron chi connectivity index (χ2n) is 8.03. The molecule has 1 N–H and O–H groups in total. The van der Waals surface area contributed by atoms with Gasteiger partial charge in [0.2, 0.25) is 0 Å². The predicted octanol–water partition coefficient (Wildman–Crippen LogP) is 4.12. The fourth-order valence-electron chi connectivity index (χ4n) is 4.05. The summed E-state index contributed by atoms with van der Waals surface area (Å²) < 4.78 is 22.3. The number of hydrogen-bond acceptors (Lipinski definition) is 7. The summed E-state index contributed by atoms with van der Waals surface area (Å²) in [7, 11) is 3.05. The van der Waals surface area contributed by atoms with Crippen molar-refractivity contribution < 1.29 is 23.7 Å². The van der Waals surface area contributed by atoms with E-state index in [1.165, 1.54) is 32.4 Å². The molecular weight excluding hydrogens is 446 g/mol. The molecule has 3 aromatic rings. The molecule has 0 radical (unpaired) electrons. The van der Waals surface area contributed by atoms with E-state index < -0.39 is 6.10 Å². The van der Waals surface area contributed by atoms with Crippen molar-refractivity contribution in [1.29, 1.82) is 0 Å². The van der Waals surface area contributed by atoms with Crippen molar-refractivity contribution in [3.05, 3.63) is 52.7 Å². The standard InChI is InChI=1S/C25H29NO6.ClH/c1-29-20-12-23(30-2)25-21(28)14-22(32-24(25)13-20)17-6-8-19(9-7-17)31-16-18(27)15-26-10-4-3-5-11-26;/h6-9,12-14,18,27H,3-5,10-11,15-16H2,1-2H3;1H. The molecule has 178 valence electrons. The third-order valence-electron chi connectivity index (χ3n) is 5.72. The molecule has 4 rings (SSSR count). The van der Waals surface area contributed by atoms with E-state index in [1.807, 2.05) is 12.1 Å². The van der Waals surface area contributed by atoms with Gasteiger partial charge in [0.1, 0.15) is 46.7 Å². The minimum atomic E-state index is -0.531. The fourth-order valence-corrected chi connectivity index (χ4v) is 4.05. The summed E-state index contributed by atoms with van der Waals surface area (Å²) in [6.45, 7) is 2.95. The normalized spacial score (nSPS) is 15.0. The molecule has 1 aromatic heterocycles. The smallest absolute Gasteiger partial charge is 0.197 e. The van der Waals surface area contributed by atoms with Crippen LogP contribution in [0.15, 0.2) is 51.7 Å². The van der Waals surface area contributed by atoms with Crippen LogP contribution in [0, 0.1) is 0 Å². The summed E-state index contributed by atoms with van der Waals surface area (Å²) >= 11 is 0. The molecule has 0 spiro atoms. The van der Waals surface area contributed by atoms with Crippen molar-refractivity contribution in [3.63, 3.8) is 0 Å². The number of piperidine rings is 1. The first kappa shape index (κ1) is 24.9. The maximum absolute atomic E-state index is 12.7. The number of methoxy groups -OCH3 is 2. The monoisotopic (exact) mass is 475 g/mol. The topological polar surface area (TPSA) is 81.4 Å². The summed E-state index contributed by atoms with van der Waals surface area (Å²) in [6, 6.07) is 12.0. The Morgan fingerprint density at radius 3 is 2.39 bits per heavy atom. The lowest BCUT2D eigenvalue weighted by Crippen LogP contribution is -2.38. The van der Waals surface area contributed by atoms with E-state index in [0.717, 1.165) is 18.7 Å². The van der Waals surface area contributed by atoms with E-state index in [0.29, 0.717) is 40.5 Å². The molecule has 0 bridgehead atoms. The Morgan fingerprint density at radius 2 is 1.73 bits per heavy atom. The van der Waals surface area contributed by atoms with Crippen LogP contribution >= 0.6 is 12.4 Å². The Balaban J connectivity index is 0.00000306. The molecule has 2 heterocycles. The van der Waals surface area contributed by atoms with Crippen molar-refractivity contribution in [2.24, 2.45) is 0 Å². The van der Waals surface area contributed by atoms with E-state index in [9.17, 15) is 9.90 Å². The first-order valence-corrected chi connectivity index (χ1v) is 10.9. The van der Waals surface area contributed by atoms with E-state index in [-0.39, 0.29) is 24.4 Å². The highest BCUT2D eigenvalue weighted by molar-refractivity contribution is 5.86. The number of aliphatic hydroxyl groups excluding tert-OH is 1. The van der Waals surface area contributed by atoms with E-state index in [1.54, 1.807) is 31.4 Å². The number of halogens is 1. The second-order valence-corrected chi connectivity index (χ2v) is 8.03. The molecule has 33 heavy (non-hydrogen) atoms. The summed E-state index contributed by atoms with van der Waals surface area (Å²) in [4.78, 5) is 15.0. The summed E-state index contributed by atoms with van der Waals surface area (Å²) in [5, 5.41) is 10.6. The molecule has 1 aliphatic rings. The molecule has 1 fully saturated rings. The maximum atomic E-state index is 12.7. The van der Waals surface area contributed by atoms with Crippen LogP contribution < -0.4 is 19.6 Å². The molecule has 7 nitrogen and oxygen atoms in total. The second kappa shape index (κ2) is 11.4. The molecule has 0 amide bonds. The highest BCUT2D eigenvalue weighted by Crippen LogP contribution is 2.32. The third kappa shape index (κ3) is 5.99. The Bertz CT molecular complexity index is 1110. The summed E-state index contributed by atoms with van der Waals surface area (Å²) in [6.07, 6.45) is 3.13. The van der Waals surface area contributed by atoms with Gasteiger partial charge >= 0.3 is 0 Å². The zero-order chi connectivity index (χ0) is 22.5. The molecule has 1 atom stereocenters. The number of nitrogens with zero attached hydrogens (tertiary/aromatic N) is 1. The first-order chi connectivity index (χ1) is 15.6. The van der Waals surface area contributed by atoms with Gasteiger partial charge in [-0.3, -0.25) is 4.79 Å². The number of benzene rings is 2. The molecule has 2 aromatic carbocycles. The van der Waals surface area contributed by atoms with Crippen LogP contribution in [0.4, 0.5) is 0 Å². The van der Waals surface area contributed by atoms with Crippen LogP contribution in [-0.4, -0.2) is 56.6 Å². The lowest BCUT2D eigenvalue weighted by molar-refractivity contribution is 0.0617. The lowest BCUT2D eigenvalue weighted by Gasteiger charge is -2.28. The minimum absolute atomic E-state index is 0. The molecule has 1 unspecified atom stereocenters. The Kier molecular flexibility index (Phi) is 8.61. The van der Waals surface area contributed by atoms with Gasteiger partial charge in [-0.25, -0.2) is 0 Å². The van der Waals surface area contributed by atoms with E-state index >= 15 is 0 Å². The van der Waals surface area contributed by atoms with Crippen LogP contribution in [0.1, 0.15) is 19.3 Å². The van der Waals surface area contributed by atoms with Crippen molar-refractivity contribution in [2.45, 2.75) is 25.4 Å². The molecule has 8 heteroatoms. The van der Waals surface area contributed by atoms with Gasteiger partial charge in [0.25, 0.3) is 0 Å². The van der Waals surface area contributed by atoms with Crippen molar-refractivity contribution in [3.8, 4) is 28.6 Å².